The first-order valence-electron chi connectivity index (χ1n) is 8.14. The minimum Gasteiger partial charge on any atom is -0.355 e. The first-order chi connectivity index (χ1) is 11.6. The van der Waals surface area contributed by atoms with E-state index in [1.165, 1.54) is 12.8 Å². The second-order valence-corrected chi connectivity index (χ2v) is 5.90. The highest BCUT2D eigenvalue weighted by Gasteiger charge is 2.29. The molecular formula is C19H25N3O2. The number of carbonyl (C=O) groups excluding carboxylic acids is 1. The Hall–Kier alpha value is -2.37. The van der Waals surface area contributed by atoms with Crippen molar-refractivity contribution in [2.75, 3.05) is 7.05 Å². The van der Waals surface area contributed by atoms with E-state index in [2.05, 4.69) is 24.2 Å². The summed E-state index contributed by atoms with van der Waals surface area (Å²) in [5, 5.41) is 14.1. The maximum Gasteiger partial charge on any atom is 0.251 e. The molecule has 1 amide bonds. The van der Waals surface area contributed by atoms with Crippen LogP contribution in [0.15, 0.2) is 55.1 Å². The number of amides is 1. The molecule has 0 heterocycles. The van der Waals surface area contributed by atoms with E-state index in [0.29, 0.717) is 17.2 Å². The molecule has 0 aromatic heterocycles. The Kier molecular flexibility index (Phi) is 6.35. The molecule has 0 bridgehead atoms. The maximum atomic E-state index is 11.8. The molecule has 1 aromatic carbocycles. The van der Waals surface area contributed by atoms with Gasteiger partial charge in [0.05, 0.1) is 5.70 Å². The highest BCUT2D eigenvalue weighted by Crippen LogP contribution is 2.32. The number of nitrogens with one attached hydrogen (secondary N) is 2. The Morgan fingerprint density at radius 1 is 1.38 bits per heavy atom. The summed E-state index contributed by atoms with van der Waals surface area (Å²) in [6.07, 6.45) is 9.38. The summed E-state index contributed by atoms with van der Waals surface area (Å²) >= 11 is 0. The predicted molar refractivity (Wildman–Crippen MR) is 96.1 cm³/mol. The van der Waals surface area contributed by atoms with Crippen molar-refractivity contribution in [3.8, 4) is 0 Å². The lowest BCUT2D eigenvalue weighted by Gasteiger charge is -2.25. The van der Waals surface area contributed by atoms with Crippen LogP contribution in [0.25, 0.3) is 5.70 Å². The minimum atomic E-state index is -0.165. The Balaban J connectivity index is 2.27. The van der Waals surface area contributed by atoms with Crippen molar-refractivity contribution in [1.82, 2.24) is 15.9 Å². The average Bonchev–Trinajstić information content (AvgIpc) is 3.43. The molecule has 0 saturated heterocycles. The third-order valence-electron chi connectivity index (χ3n) is 4.03. The van der Waals surface area contributed by atoms with E-state index in [-0.39, 0.29) is 11.9 Å². The monoisotopic (exact) mass is 327 g/mol. The molecule has 24 heavy (non-hydrogen) atoms. The SMILES string of the molecule is C=C/C=C\C=C(\c1cccc(C(=O)NC)c1)N(O)NC(C)C1CC1. The van der Waals surface area contributed by atoms with Crippen LogP contribution in [0.1, 0.15) is 35.7 Å². The number of hydrazine groups is 1. The van der Waals surface area contributed by atoms with Gasteiger partial charge in [-0.15, -0.1) is 0 Å². The maximum absolute atomic E-state index is 11.8. The van der Waals surface area contributed by atoms with Crippen LogP contribution in [-0.4, -0.2) is 29.4 Å². The molecule has 5 nitrogen and oxygen atoms in total. The largest absolute Gasteiger partial charge is 0.355 e. The smallest absolute Gasteiger partial charge is 0.251 e. The summed E-state index contributed by atoms with van der Waals surface area (Å²) in [6.45, 7) is 5.70. The van der Waals surface area contributed by atoms with Crippen LogP contribution in [0.5, 0.6) is 0 Å². The summed E-state index contributed by atoms with van der Waals surface area (Å²) in [5.74, 6) is 0.434. The minimum absolute atomic E-state index is 0.165. The molecule has 3 N–H and O–H groups in total. The van der Waals surface area contributed by atoms with Crippen LogP contribution in [0.3, 0.4) is 0 Å². The summed E-state index contributed by atoms with van der Waals surface area (Å²) < 4.78 is 0. The van der Waals surface area contributed by atoms with Crippen LogP contribution >= 0.6 is 0 Å². The van der Waals surface area contributed by atoms with E-state index >= 15 is 0 Å². The molecule has 1 aliphatic rings. The van der Waals surface area contributed by atoms with Crippen molar-refractivity contribution in [1.29, 1.82) is 0 Å². The lowest BCUT2D eigenvalue weighted by atomic mass is 10.1. The standard InChI is InChI=1S/C19H25N3O2/c1-4-5-6-10-18(22(24)21-14(2)15-11-12-15)16-8-7-9-17(13-16)19(23)20-3/h4-10,13-15,21,24H,1,11-12H2,2-3H3,(H,20,23)/b6-5-,18-10-. The van der Waals surface area contributed by atoms with E-state index < -0.39 is 0 Å². The molecular weight excluding hydrogens is 302 g/mol. The van der Waals surface area contributed by atoms with Crippen molar-refractivity contribution in [3.05, 3.63) is 66.3 Å². The zero-order valence-corrected chi connectivity index (χ0v) is 14.2. The van der Waals surface area contributed by atoms with Gasteiger partial charge in [-0.3, -0.25) is 10.0 Å². The number of nitrogens with zero attached hydrogens (tertiary/aromatic N) is 1. The molecule has 2 rings (SSSR count). The Bertz CT molecular complexity index is 648. The number of hydrogen-bond acceptors (Lipinski definition) is 4. The van der Waals surface area contributed by atoms with Gasteiger partial charge >= 0.3 is 0 Å². The van der Waals surface area contributed by atoms with Crippen molar-refractivity contribution in [3.63, 3.8) is 0 Å². The van der Waals surface area contributed by atoms with Gasteiger partial charge < -0.3 is 5.32 Å². The molecule has 128 valence electrons. The van der Waals surface area contributed by atoms with E-state index in [4.69, 9.17) is 0 Å². The highest BCUT2D eigenvalue weighted by molar-refractivity contribution is 5.94. The first-order valence-corrected chi connectivity index (χ1v) is 8.14. The van der Waals surface area contributed by atoms with Crippen molar-refractivity contribution >= 4 is 11.6 Å². The first kappa shape index (κ1) is 18.0. The van der Waals surface area contributed by atoms with E-state index in [1.54, 1.807) is 49.6 Å². The van der Waals surface area contributed by atoms with Crippen molar-refractivity contribution in [2.45, 2.75) is 25.8 Å². The topological polar surface area (TPSA) is 64.6 Å². The molecule has 1 fully saturated rings. The fourth-order valence-corrected chi connectivity index (χ4v) is 2.44. The number of rotatable bonds is 8. The third-order valence-corrected chi connectivity index (χ3v) is 4.03. The normalized spacial score (nSPS) is 16.0. The van der Waals surface area contributed by atoms with E-state index in [9.17, 15) is 10.0 Å². The molecule has 1 unspecified atom stereocenters. The predicted octanol–water partition coefficient (Wildman–Crippen LogP) is 3.12. The number of allylic oxidation sites excluding steroid dienone is 4. The van der Waals surface area contributed by atoms with Gasteiger partial charge in [-0.2, -0.15) is 5.17 Å². The summed E-state index contributed by atoms with van der Waals surface area (Å²) in [5.41, 5.74) is 4.93. The lowest BCUT2D eigenvalue weighted by Crippen LogP contribution is -2.41. The number of hydroxylamine groups is 1. The van der Waals surface area contributed by atoms with Gasteiger partial charge in [0.25, 0.3) is 5.91 Å². The second-order valence-electron chi connectivity index (χ2n) is 5.90. The van der Waals surface area contributed by atoms with Crippen LogP contribution in [0.2, 0.25) is 0 Å². The molecule has 0 aliphatic heterocycles. The van der Waals surface area contributed by atoms with E-state index in [1.807, 2.05) is 6.07 Å². The van der Waals surface area contributed by atoms with Gasteiger partial charge in [-0.25, -0.2) is 5.43 Å². The zero-order chi connectivity index (χ0) is 17.5. The van der Waals surface area contributed by atoms with Gasteiger partial charge in [0, 0.05) is 24.2 Å². The number of carbonyl (C=O) groups is 1. The number of hydrogen-bond donors (Lipinski definition) is 3. The van der Waals surface area contributed by atoms with Gasteiger partial charge in [0.15, 0.2) is 0 Å². The Labute approximate surface area is 143 Å². The van der Waals surface area contributed by atoms with Crippen LogP contribution in [-0.2, 0) is 0 Å². The molecule has 0 radical (unpaired) electrons. The second kappa shape index (κ2) is 8.47. The van der Waals surface area contributed by atoms with Gasteiger partial charge in [0.1, 0.15) is 0 Å². The molecule has 5 heteroatoms. The highest BCUT2D eigenvalue weighted by atomic mass is 16.5. The molecule has 1 atom stereocenters. The molecule has 1 saturated carbocycles. The van der Waals surface area contributed by atoms with Crippen molar-refractivity contribution in [2.24, 2.45) is 5.92 Å². The molecule has 1 aliphatic carbocycles. The Morgan fingerprint density at radius 3 is 2.71 bits per heavy atom. The summed E-state index contributed by atoms with van der Waals surface area (Å²) in [6, 6.07) is 7.32. The lowest BCUT2D eigenvalue weighted by molar-refractivity contribution is -0.0867. The third kappa shape index (κ3) is 4.81. The zero-order valence-electron chi connectivity index (χ0n) is 14.2. The van der Waals surface area contributed by atoms with Crippen molar-refractivity contribution < 1.29 is 10.0 Å². The van der Waals surface area contributed by atoms with Gasteiger partial charge in [-0.1, -0.05) is 36.9 Å². The fraction of sp³-hybridized carbons (Fsp3) is 0.316. The van der Waals surface area contributed by atoms with Crippen LogP contribution < -0.4 is 10.7 Å². The van der Waals surface area contributed by atoms with Gasteiger partial charge in [0.2, 0.25) is 0 Å². The molecule has 0 spiro atoms. The molecule has 1 aromatic rings. The average molecular weight is 327 g/mol. The van der Waals surface area contributed by atoms with E-state index in [0.717, 1.165) is 10.7 Å². The van der Waals surface area contributed by atoms with Gasteiger partial charge in [-0.05, 0) is 43.9 Å². The summed E-state index contributed by atoms with van der Waals surface area (Å²) in [7, 11) is 1.59. The quantitative estimate of drug-likeness (QED) is 0.507. The summed E-state index contributed by atoms with van der Waals surface area (Å²) in [4.78, 5) is 11.8. The van der Waals surface area contributed by atoms with Crippen LogP contribution in [0.4, 0.5) is 0 Å². The van der Waals surface area contributed by atoms with Crippen LogP contribution in [0, 0.1) is 5.92 Å². The number of benzene rings is 1. The Morgan fingerprint density at radius 2 is 2.08 bits per heavy atom. The fourth-order valence-electron chi connectivity index (χ4n) is 2.44.